The quantitative estimate of drug-likeness (QED) is 0.839. The number of methoxy groups -OCH3 is 1. The Bertz CT molecular complexity index is 749. The van der Waals surface area contributed by atoms with Gasteiger partial charge < -0.3 is 15.2 Å². The SMILES string of the molecule is COc1ccc(C[C@@H](NC(=O)c2ccc(F)cc2)C(=O)O)cc1Cl. The van der Waals surface area contributed by atoms with Gasteiger partial charge in [-0.3, -0.25) is 4.79 Å². The van der Waals surface area contributed by atoms with Crippen molar-refractivity contribution in [3.63, 3.8) is 0 Å². The summed E-state index contributed by atoms with van der Waals surface area (Å²) in [5, 5.41) is 12.1. The maximum atomic E-state index is 12.9. The van der Waals surface area contributed by atoms with Gasteiger partial charge >= 0.3 is 5.97 Å². The molecule has 0 aromatic heterocycles. The summed E-state index contributed by atoms with van der Waals surface area (Å²) in [6.45, 7) is 0. The van der Waals surface area contributed by atoms with E-state index in [4.69, 9.17) is 16.3 Å². The number of hydrogen-bond acceptors (Lipinski definition) is 3. The summed E-state index contributed by atoms with van der Waals surface area (Å²) >= 11 is 6.01. The molecule has 5 nitrogen and oxygen atoms in total. The molecular formula is C17H15ClFNO4. The minimum Gasteiger partial charge on any atom is -0.495 e. The molecule has 2 N–H and O–H groups in total. The van der Waals surface area contributed by atoms with Crippen LogP contribution in [0.5, 0.6) is 5.75 Å². The van der Waals surface area contributed by atoms with Gasteiger partial charge in [-0.1, -0.05) is 17.7 Å². The number of benzene rings is 2. The van der Waals surface area contributed by atoms with E-state index in [9.17, 15) is 19.1 Å². The number of amides is 1. The van der Waals surface area contributed by atoms with Gasteiger partial charge in [0.15, 0.2) is 0 Å². The van der Waals surface area contributed by atoms with Crippen LogP contribution >= 0.6 is 11.6 Å². The number of nitrogens with one attached hydrogen (secondary N) is 1. The number of halogens is 2. The van der Waals surface area contributed by atoms with Crippen LogP contribution in [0.3, 0.4) is 0 Å². The Morgan fingerprint density at radius 3 is 2.46 bits per heavy atom. The number of carboxylic acid groups (broad SMARTS) is 1. The smallest absolute Gasteiger partial charge is 0.326 e. The molecule has 0 fully saturated rings. The predicted molar refractivity (Wildman–Crippen MR) is 87.0 cm³/mol. The second-order valence-corrected chi connectivity index (χ2v) is 5.45. The summed E-state index contributed by atoms with van der Waals surface area (Å²) in [7, 11) is 1.48. The standard InChI is InChI=1S/C17H15ClFNO4/c1-24-15-7-2-10(8-13(15)18)9-14(17(22)23)20-16(21)11-3-5-12(19)6-4-11/h2-8,14H,9H2,1H3,(H,20,21)(H,22,23)/t14-/m1/s1. The van der Waals surface area contributed by atoms with Gasteiger partial charge in [-0.2, -0.15) is 0 Å². The van der Waals surface area contributed by atoms with E-state index in [-0.39, 0.29) is 12.0 Å². The third-order valence-corrected chi connectivity index (χ3v) is 3.66. The third kappa shape index (κ3) is 4.45. The van der Waals surface area contributed by atoms with Crippen LogP contribution < -0.4 is 10.1 Å². The van der Waals surface area contributed by atoms with Crippen molar-refractivity contribution in [1.29, 1.82) is 0 Å². The van der Waals surface area contributed by atoms with Crippen molar-refractivity contribution in [1.82, 2.24) is 5.32 Å². The van der Waals surface area contributed by atoms with Crippen molar-refractivity contribution < 1.29 is 23.8 Å². The number of carbonyl (C=O) groups excluding carboxylic acids is 1. The van der Waals surface area contributed by atoms with Gasteiger partial charge in [-0.15, -0.1) is 0 Å². The molecule has 2 rings (SSSR count). The summed E-state index contributed by atoms with van der Waals surface area (Å²) in [6.07, 6.45) is 0.0476. The minimum absolute atomic E-state index is 0.0476. The van der Waals surface area contributed by atoms with Gasteiger partial charge in [0.05, 0.1) is 12.1 Å². The summed E-state index contributed by atoms with van der Waals surface area (Å²) in [4.78, 5) is 23.5. The number of hydrogen-bond donors (Lipinski definition) is 2. The summed E-state index contributed by atoms with van der Waals surface area (Å²) in [5.74, 6) is -1.78. The fourth-order valence-corrected chi connectivity index (χ4v) is 2.40. The zero-order valence-electron chi connectivity index (χ0n) is 12.8. The molecule has 2 aromatic rings. The molecule has 0 unspecified atom stereocenters. The molecule has 0 aliphatic carbocycles. The molecule has 0 heterocycles. The van der Waals surface area contributed by atoms with Crippen LogP contribution in [0, 0.1) is 5.82 Å². The molecule has 2 aromatic carbocycles. The molecule has 1 atom stereocenters. The van der Waals surface area contributed by atoms with Crippen LogP contribution in [-0.4, -0.2) is 30.1 Å². The molecule has 0 saturated heterocycles. The Kier molecular flexibility index (Phi) is 5.76. The summed E-state index contributed by atoms with van der Waals surface area (Å²) in [5.41, 5.74) is 0.808. The normalized spacial score (nSPS) is 11.6. The Hall–Kier alpha value is -2.60. The first-order valence-electron chi connectivity index (χ1n) is 7.02. The zero-order chi connectivity index (χ0) is 17.7. The van der Waals surface area contributed by atoms with Gasteiger partial charge in [-0.25, -0.2) is 9.18 Å². The Morgan fingerprint density at radius 2 is 1.92 bits per heavy atom. The molecule has 0 aliphatic rings. The maximum Gasteiger partial charge on any atom is 0.326 e. The Balaban J connectivity index is 2.12. The van der Waals surface area contributed by atoms with Crippen LogP contribution in [0.15, 0.2) is 42.5 Å². The topological polar surface area (TPSA) is 75.6 Å². The largest absolute Gasteiger partial charge is 0.495 e. The average Bonchev–Trinajstić information content (AvgIpc) is 2.54. The van der Waals surface area contributed by atoms with Crippen molar-refractivity contribution in [2.75, 3.05) is 7.11 Å². The van der Waals surface area contributed by atoms with E-state index in [1.165, 1.54) is 19.2 Å². The first-order valence-corrected chi connectivity index (χ1v) is 7.40. The van der Waals surface area contributed by atoms with E-state index in [1.54, 1.807) is 18.2 Å². The van der Waals surface area contributed by atoms with Crippen LogP contribution in [0.4, 0.5) is 4.39 Å². The van der Waals surface area contributed by atoms with Crippen LogP contribution in [0.25, 0.3) is 0 Å². The van der Waals surface area contributed by atoms with E-state index in [2.05, 4.69) is 5.32 Å². The van der Waals surface area contributed by atoms with Gasteiger partial charge in [-0.05, 0) is 42.0 Å². The average molecular weight is 352 g/mol. The highest BCUT2D eigenvalue weighted by Crippen LogP contribution is 2.25. The molecular weight excluding hydrogens is 337 g/mol. The first-order chi connectivity index (χ1) is 11.4. The molecule has 0 bridgehead atoms. The monoisotopic (exact) mass is 351 g/mol. The van der Waals surface area contributed by atoms with Crippen molar-refractivity contribution in [2.45, 2.75) is 12.5 Å². The first kappa shape index (κ1) is 17.7. The lowest BCUT2D eigenvalue weighted by Crippen LogP contribution is -2.42. The lowest BCUT2D eigenvalue weighted by atomic mass is 10.1. The predicted octanol–water partition coefficient (Wildman–Crippen LogP) is 2.91. The van der Waals surface area contributed by atoms with Gasteiger partial charge in [0.2, 0.25) is 0 Å². The highest BCUT2D eigenvalue weighted by molar-refractivity contribution is 6.32. The fraction of sp³-hybridized carbons (Fsp3) is 0.176. The van der Waals surface area contributed by atoms with E-state index in [0.717, 1.165) is 12.1 Å². The van der Waals surface area contributed by atoms with Crippen LogP contribution in [0.1, 0.15) is 15.9 Å². The molecule has 0 aliphatic heterocycles. The van der Waals surface area contributed by atoms with Crippen molar-refractivity contribution >= 4 is 23.5 Å². The van der Waals surface area contributed by atoms with Crippen LogP contribution in [-0.2, 0) is 11.2 Å². The molecule has 0 spiro atoms. The summed E-state index contributed by atoms with van der Waals surface area (Å²) < 4.78 is 17.9. The number of carbonyl (C=O) groups is 2. The van der Waals surface area contributed by atoms with E-state index in [0.29, 0.717) is 16.3 Å². The fourth-order valence-electron chi connectivity index (χ4n) is 2.12. The summed E-state index contributed by atoms with van der Waals surface area (Å²) in [6, 6.07) is 8.57. The van der Waals surface area contributed by atoms with Crippen molar-refractivity contribution in [3.05, 3.63) is 64.4 Å². The highest BCUT2D eigenvalue weighted by Gasteiger charge is 2.21. The van der Waals surface area contributed by atoms with Gasteiger partial charge in [0, 0.05) is 12.0 Å². The molecule has 0 saturated carbocycles. The van der Waals surface area contributed by atoms with Crippen molar-refractivity contribution in [3.8, 4) is 5.75 Å². The Morgan fingerprint density at radius 1 is 1.25 bits per heavy atom. The van der Waals surface area contributed by atoms with Gasteiger partial charge in [0.25, 0.3) is 5.91 Å². The Labute approximate surface area is 143 Å². The molecule has 0 radical (unpaired) electrons. The molecule has 126 valence electrons. The zero-order valence-corrected chi connectivity index (χ0v) is 13.5. The van der Waals surface area contributed by atoms with E-state index < -0.39 is 23.7 Å². The molecule has 24 heavy (non-hydrogen) atoms. The third-order valence-electron chi connectivity index (χ3n) is 3.37. The highest BCUT2D eigenvalue weighted by atomic mass is 35.5. The van der Waals surface area contributed by atoms with E-state index in [1.807, 2.05) is 0 Å². The molecule has 1 amide bonds. The van der Waals surface area contributed by atoms with Crippen LogP contribution in [0.2, 0.25) is 5.02 Å². The minimum atomic E-state index is -1.18. The van der Waals surface area contributed by atoms with Crippen molar-refractivity contribution in [2.24, 2.45) is 0 Å². The molecule has 7 heteroatoms. The lowest BCUT2D eigenvalue weighted by molar-refractivity contribution is -0.139. The second-order valence-electron chi connectivity index (χ2n) is 5.04. The number of ether oxygens (including phenoxy) is 1. The lowest BCUT2D eigenvalue weighted by Gasteiger charge is -2.15. The maximum absolute atomic E-state index is 12.9. The van der Waals surface area contributed by atoms with E-state index >= 15 is 0 Å². The number of carboxylic acids is 1. The number of rotatable bonds is 6. The second kappa shape index (κ2) is 7.79. The van der Waals surface area contributed by atoms with Gasteiger partial charge in [0.1, 0.15) is 17.6 Å². The number of aliphatic carboxylic acids is 1.